The van der Waals surface area contributed by atoms with E-state index in [0.717, 1.165) is 0 Å². The van der Waals surface area contributed by atoms with Crippen molar-refractivity contribution in [3.05, 3.63) is 12.2 Å². The lowest BCUT2D eigenvalue weighted by atomic mass is 9.73. The highest BCUT2D eigenvalue weighted by Gasteiger charge is 2.52. The molecule has 0 bridgehead atoms. The third-order valence-corrected chi connectivity index (χ3v) is 3.20. The van der Waals surface area contributed by atoms with E-state index in [4.69, 9.17) is 9.31 Å². The van der Waals surface area contributed by atoms with Crippen LogP contribution in [0.15, 0.2) is 12.2 Å². The molecule has 0 aliphatic carbocycles. The van der Waals surface area contributed by atoms with E-state index in [1.54, 1.807) is 0 Å². The highest BCUT2D eigenvalue weighted by molar-refractivity contribution is 6.48. The van der Waals surface area contributed by atoms with Crippen LogP contribution in [0.1, 0.15) is 41.5 Å². The zero-order valence-corrected chi connectivity index (χ0v) is 10.1. The zero-order valence-electron chi connectivity index (χ0n) is 10.1. The van der Waals surface area contributed by atoms with Gasteiger partial charge < -0.3 is 9.31 Å². The maximum absolute atomic E-state index is 5.90. The molecule has 1 heterocycles. The van der Waals surface area contributed by atoms with Crippen molar-refractivity contribution < 1.29 is 9.31 Å². The van der Waals surface area contributed by atoms with Crippen molar-refractivity contribution in [3.8, 4) is 0 Å². The molecule has 0 unspecified atom stereocenters. The van der Waals surface area contributed by atoms with Crippen molar-refractivity contribution >= 4 is 7.12 Å². The molecule has 1 fully saturated rings. The lowest BCUT2D eigenvalue weighted by Crippen LogP contribution is -2.41. The summed E-state index contributed by atoms with van der Waals surface area (Å²) in [5, 5.41) is 0. The summed E-state index contributed by atoms with van der Waals surface area (Å²) in [7, 11) is -0.115. The first-order chi connectivity index (χ1) is 6.30. The minimum atomic E-state index is -0.215. The minimum Gasteiger partial charge on any atom is -0.403 e. The van der Waals surface area contributed by atoms with Crippen LogP contribution >= 0.6 is 0 Å². The topological polar surface area (TPSA) is 18.5 Å². The molecule has 1 rings (SSSR count). The summed E-state index contributed by atoms with van der Waals surface area (Å²) in [6, 6.07) is 0. The van der Waals surface area contributed by atoms with Gasteiger partial charge in [0, 0.05) is 5.82 Å². The van der Waals surface area contributed by atoms with Gasteiger partial charge in [-0.2, -0.15) is 0 Å². The van der Waals surface area contributed by atoms with E-state index in [1.165, 1.54) is 0 Å². The Bertz CT molecular complexity index is 217. The van der Waals surface area contributed by atoms with Gasteiger partial charge in [0.25, 0.3) is 0 Å². The summed E-state index contributed by atoms with van der Waals surface area (Å²) in [6.07, 6.45) is 4.15. The highest BCUT2D eigenvalue weighted by Crippen LogP contribution is 2.39. The predicted octanol–water partition coefficient (Wildman–Crippen LogP) is 3.04. The van der Waals surface area contributed by atoms with Gasteiger partial charge in [-0.15, -0.1) is 0 Å². The van der Waals surface area contributed by atoms with E-state index in [-0.39, 0.29) is 18.3 Å². The lowest BCUT2D eigenvalue weighted by Gasteiger charge is -2.32. The SMILES string of the molecule is C/C=C/[C@H](C)B1OC(C)(C)C(C)(C)O1. The number of rotatable bonds is 2. The first-order valence-electron chi connectivity index (χ1n) is 5.28. The standard InChI is InChI=1S/C11H21BO2/c1-7-8-9(2)12-13-10(3,4)11(5,6)14-12/h7-9H,1-6H3/b8-7+/t9-/m0/s1. The monoisotopic (exact) mass is 196 g/mol. The molecule has 14 heavy (non-hydrogen) atoms. The summed E-state index contributed by atoms with van der Waals surface area (Å²) in [5.74, 6) is 0.307. The molecule has 0 N–H and O–H groups in total. The van der Waals surface area contributed by atoms with Gasteiger partial charge in [0.05, 0.1) is 11.2 Å². The van der Waals surface area contributed by atoms with Gasteiger partial charge in [-0.1, -0.05) is 19.1 Å². The first-order valence-corrected chi connectivity index (χ1v) is 5.28. The molecule has 0 saturated carbocycles. The Labute approximate surface area is 87.8 Å². The number of hydrogen-bond acceptors (Lipinski definition) is 2. The Balaban J connectivity index is 2.72. The van der Waals surface area contributed by atoms with Gasteiger partial charge in [0.1, 0.15) is 0 Å². The van der Waals surface area contributed by atoms with E-state index < -0.39 is 0 Å². The molecule has 3 heteroatoms. The Hall–Kier alpha value is -0.275. The molecule has 0 amide bonds. The fraction of sp³-hybridized carbons (Fsp3) is 0.818. The van der Waals surface area contributed by atoms with E-state index in [0.29, 0.717) is 5.82 Å². The molecule has 1 aliphatic rings. The minimum absolute atomic E-state index is 0.115. The smallest absolute Gasteiger partial charge is 0.403 e. The van der Waals surface area contributed by atoms with Crippen molar-refractivity contribution in [2.45, 2.75) is 58.6 Å². The summed E-state index contributed by atoms with van der Waals surface area (Å²) < 4.78 is 11.8. The van der Waals surface area contributed by atoms with Gasteiger partial charge in [-0.05, 0) is 34.6 Å². The fourth-order valence-electron chi connectivity index (χ4n) is 1.50. The molecular weight excluding hydrogens is 175 g/mol. The van der Waals surface area contributed by atoms with Gasteiger partial charge in [-0.25, -0.2) is 0 Å². The normalized spacial score (nSPS) is 27.1. The van der Waals surface area contributed by atoms with E-state index in [9.17, 15) is 0 Å². The van der Waals surface area contributed by atoms with Crippen molar-refractivity contribution in [1.29, 1.82) is 0 Å². The summed E-state index contributed by atoms with van der Waals surface area (Å²) in [4.78, 5) is 0. The third-order valence-electron chi connectivity index (χ3n) is 3.20. The van der Waals surface area contributed by atoms with Crippen molar-refractivity contribution in [1.82, 2.24) is 0 Å². The average molecular weight is 196 g/mol. The molecule has 0 aromatic rings. The second-order valence-corrected chi connectivity index (χ2v) is 5.01. The zero-order chi connectivity index (χ0) is 11.0. The van der Waals surface area contributed by atoms with E-state index >= 15 is 0 Å². The second kappa shape index (κ2) is 3.71. The van der Waals surface area contributed by atoms with Crippen LogP contribution in [-0.4, -0.2) is 18.3 Å². The molecule has 2 nitrogen and oxygen atoms in total. The third kappa shape index (κ3) is 2.04. The molecule has 1 atom stereocenters. The summed E-state index contributed by atoms with van der Waals surface area (Å²) in [5.41, 5.74) is -0.430. The fourth-order valence-corrected chi connectivity index (χ4v) is 1.50. The maximum atomic E-state index is 5.90. The molecule has 1 saturated heterocycles. The van der Waals surface area contributed by atoms with E-state index in [2.05, 4.69) is 40.7 Å². The van der Waals surface area contributed by atoms with Gasteiger partial charge in [0.15, 0.2) is 0 Å². The van der Waals surface area contributed by atoms with Crippen molar-refractivity contribution in [2.24, 2.45) is 0 Å². The molecule has 0 spiro atoms. The van der Waals surface area contributed by atoms with Crippen LogP contribution in [0.25, 0.3) is 0 Å². The molecule has 0 aromatic carbocycles. The van der Waals surface area contributed by atoms with Gasteiger partial charge in [-0.3, -0.25) is 0 Å². The van der Waals surface area contributed by atoms with Crippen LogP contribution in [0.4, 0.5) is 0 Å². The lowest BCUT2D eigenvalue weighted by molar-refractivity contribution is 0.00578. The quantitative estimate of drug-likeness (QED) is 0.499. The van der Waals surface area contributed by atoms with Crippen molar-refractivity contribution in [3.63, 3.8) is 0 Å². The number of allylic oxidation sites excluding steroid dienone is 2. The second-order valence-electron chi connectivity index (χ2n) is 5.01. The van der Waals surface area contributed by atoms with Crippen LogP contribution in [0, 0.1) is 0 Å². The van der Waals surface area contributed by atoms with Gasteiger partial charge in [0.2, 0.25) is 0 Å². The van der Waals surface area contributed by atoms with E-state index in [1.807, 2.05) is 13.0 Å². The maximum Gasteiger partial charge on any atom is 0.464 e. The van der Waals surface area contributed by atoms with Crippen LogP contribution in [0.5, 0.6) is 0 Å². The molecule has 0 aromatic heterocycles. The number of hydrogen-bond donors (Lipinski definition) is 0. The highest BCUT2D eigenvalue weighted by atomic mass is 16.7. The summed E-state index contributed by atoms with van der Waals surface area (Å²) in [6.45, 7) is 12.4. The van der Waals surface area contributed by atoms with Crippen molar-refractivity contribution in [2.75, 3.05) is 0 Å². The Kier molecular flexibility index (Phi) is 3.12. The van der Waals surface area contributed by atoms with Gasteiger partial charge >= 0.3 is 7.12 Å². The Morgan fingerprint density at radius 2 is 1.50 bits per heavy atom. The van der Waals surface area contributed by atoms with Crippen LogP contribution < -0.4 is 0 Å². The van der Waals surface area contributed by atoms with Crippen LogP contribution in [0.3, 0.4) is 0 Å². The predicted molar refractivity (Wildman–Crippen MR) is 60.3 cm³/mol. The molecule has 80 valence electrons. The average Bonchev–Trinajstić information content (AvgIpc) is 2.22. The Morgan fingerprint density at radius 1 is 1.07 bits per heavy atom. The molecule has 1 aliphatic heterocycles. The largest absolute Gasteiger partial charge is 0.464 e. The van der Waals surface area contributed by atoms with Crippen LogP contribution in [0.2, 0.25) is 5.82 Å². The van der Waals surface area contributed by atoms with Crippen LogP contribution in [-0.2, 0) is 9.31 Å². The summed E-state index contributed by atoms with van der Waals surface area (Å²) >= 11 is 0. The molecule has 0 radical (unpaired) electrons. The molecular formula is C11H21BO2. The Morgan fingerprint density at radius 3 is 1.86 bits per heavy atom. The first kappa shape index (κ1) is 11.8.